The molecule has 6 heavy (non-hydrogen) atoms. The van der Waals surface area contributed by atoms with E-state index in [4.69, 9.17) is 13.5 Å². The van der Waals surface area contributed by atoms with Crippen molar-refractivity contribution in [3.05, 3.63) is 0 Å². The molecular weight excluding hydrogens is 137 g/mol. The quantitative estimate of drug-likeness (QED) is 0.482. The van der Waals surface area contributed by atoms with Crippen molar-refractivity contribution in [2.75, 3.05) is 0 Å². The number of hydrogen-bond donors (Lipinski definition) is 1. The predicted molar refractivity (Wildman–Crippen MR) is 14.0 cm³/mol. The van der Waals surface area contributed by atoms with Crippen molar-refractivity contribution in [1.82, 2.24) is 0 Å². The van der Waals surface area contributed by atoms with Gasteiger partial charge in [-0.2, -0.15) is 0 Å². The molecule has 1 N–H and O–H groups in total. The molecule has 32 valence electrons. The fourth-order valence-corrected chi connectivity index (χ4v) is 0. The molecule has 0 fully saturated rings. The monoisotopic (exact) mass is 140 g/mol. The molecular formula is C2H4O3Zn. The van der Waals surface area contributed by atoms with Gasteiger partial charge in [0.05, 0.1) is 0 Å². The maximum absolute atomic E-state index is 9.00. The van der Waals surface area contributed by atoms with Gasteiger partial charge in [-0.15, -0.1) is 0 Å². The number of carbonyl (C=O) groups is 1. The Morgan fingerprint density at radius 2 is 1.67 bits per heavy atom. The van der Waals surface area contributed by atoms with Crippen LogP contribution in [-0.2, 0) is 26.6 Å². The first-order valence-corrected chi connectivity index (χ1v) is 2.43. The minimum atomic E-state index is -0.833. The summed E-state index contributed by atoms with van der Waals surface area (Å²) in [4.78, 5) is 9.00. The molecule has 0 bridgehead atoms. The second kappa shape index (κ2) is 8.86. The van der Waals surface area contributed by atoms with Gasteiger partial charge < -0.3 is 5.11 Å². The van der Waals surface area contributed by atoms with Crippen LogP contribution in [0, 0.1) is 0 Å². The second-order valence-corrected chi connectivity index (χ2v) is 0.519. The molecule has 0 aliphatic heterocycles. The average Bonchev–Trinajstić information content (AvgIpc) is 1.41. The van der Waals surface area contributed by atoms with Crippen LogP contribution < -0.4 is 0 Å². The van der Waals surface area contributed by atoms with Crippen LogP contribution >= 0.6 is 0 Å². The summed E-state index contributed by atoms with van der Waals surface area (Å²) in [7, 11) is 0. The third-order valence-electron chi connectivity index (χ3n) is 0. The fourth-order valence-electron chi connectivity index (χ4n) is 0. The Labute approximate surface area is 45.3 Å². The zero-order valence-electron chi connectivity index (χ0n) is 3.47. The van der Waals surface area contributed by atoms with Gasteiger partial charge in [0.25, 0.3) is 5.97 Å². The van der Waals surface area contributed by atoms with E-state index in [2.05, 4.69) is 0 Å². The Morgan fingerprint density at radius 1 is 1.67 bits per heavy atom. The average molecular weight is 141 g/mol. The Balaban J connectivity index is 0. The topological polar surface area (TPSA) is 54.4 Å². The molecule has 0 aliphatic rings. The van der Waals surface area contributed by atoms with Crippen molar-refractivity contribution in [1.29, 1.82) is 0 Å². The van der Waals surface area contributed by atoms with Crippen LogP contribution in [0.5, 0.6) is 0 Å². The van der Waals surface area contributed by atoms with Crippen molar-refractivity contribution < 1.29 is 31.7 Å². The van der Waals surface area contributed by atoms with Crippen molar-refractivity contribution in [3.63, 3.8) is 0 Å². The van der Waals surface area contributed by atoms with E-state index >= 15 is 0 Å². The number of hydrogen-bond acceptors (Lipinski definition) is 2. The second-order valence-electron chi connectivity index (χ2n) is 0.519. The number of aliphatic carboxylic acids is 1. The molecule has 0 atom stereocenters. The SMILES string of the molecule is CC(=O)O.[O]=[Zn]. The summed E-state index contributed by atoms with van der Waals surface area (Å²) < 4.78 is 8.38. The zero-order valence-corrected chi connectivity index (χ0v) is 6.44. The van der Waals surface area contributed by atoms with Gasteiger partial charge in [0.15, 0.2) is 0 Å². The summed E-state index contributed by atoms with van der Waals surface area (Å²) in [5.74, 6) is -0.833. The number of carboxylic acids is 1. The molecule has 0 aromatic rings. The van der Waals surface area contributed by atoms with Gasteiger partial charge in [0.1, 0.15) is 0 Å². The Hall–Kier alpha value is -0.107. The third-order valence-corrected chi connectivity index (χ3v) is 0. The standard InChI is InChI=1S/C2H4O2.O.Zn/c1-2(3)4;;/h1H3,(H,3,4);;. The van der Waals surface area contributed by atoms with Crippen LogP contribution in [0.4, 0.5) is 0 Å². The van der Waals surface area contributed by atoms with Gasteiger partial charge in [0, 0.05) is 6.92 Å². The molecule has 0 aliphatic carbocycles. The number of rotatable bonds is 0. The Bertz CT molecular complexity index is 40.1. The fraction of sp³-hybridized carbons (Fsp3) is 0.500. The maximum atomic E-state index is 9.00. The van der Waals surface area contributed by atoms with E-state index in [1.54, 1.807) is 0 Å². The van der Waals surface area contributed by atoms with Crippen LogP contribution in [0.25, 0.3) is 0 Å². The van der Waals surface area contributed by atoms with E-state index in [9.17, 15) is 0 Å². The third kappa shape index (κ3) is 2870. The molecule has 0 spiro atoms. The Kier molecular flexibility index (Phi) is 13.7. The van der Waals surface area contributed by atoms with E-state index in [1.807, 2.05) is 0 Å². The van der Waals surface area contributed by atoms with Crippen molar-refractivity contribution in [2.45, 2.75) is 6.92 Å². The van der Waals surface area contributed by atoms with E-state index < -0.39 is 5.97 Å². The molecule has 0 radical (unpaired) electrons. The van der Waals surface area contributed by atoms with Crippen molar-refractivity contribution in [2.24, 2.45) is 0 Å². The van der Waals surface area contributed by atoms with Crippen molar-refractivity contribution in [3.8, 4) is 0 Å². The Morgan fingerprint density at radius 3 is 1.67 bits per heavy atom. The van der Waals surface area contributed by atoms with Crippen LogP contribution in [-0.4, -0.2) is 11.1 Å². The summed E-state index contributed by atoms with van der Waals surface area (Å²) in [5, 5.41) is 7.42. The normalized spacial score (nSPS) is 5.17. The van der Waals surface area contributed by atoms with Crippen LogP contribution in [0.2, 0.25) is 0 Å². The van der Waals surface area contributed by atoms with E-state index in [1.165, 1.54) is 0 Å². The van der Waals surface area contributed by atoms with Crippen molar-refractivity contribution >= 4 is 5.97 Å². The molecule has 0 amide bonds. The van der Waals surface area contributed by atoms with Gasteiger partial charge in [-0.25, -0.2) is 0 Å². The van der Waals surface area contributed by atoms with E-state index in [-0.39, 0.29) is 18.3 Å². The summed E-state index contributed by atoms with van der Waals surface area (Å²) in [6, 6.07) is 0. The van der Waals surface area contributed by atoms with Crippen LogP contribution in [0.15, 0.2) is 0 Å². The van der Waals surface area contributed by atoms with Crippen LogP contribution in [0.1, 0.15) is 6.92 Å². The minimum absolute atomic E-state index is 0.125. The molecule has 3 nitrogen and oxygen atoms in total. The summed E-state index contributed by atoms with van der Waals surface area (Å²) >= 11 is 0.125. The molecule has 0 aromatic heterocycles. The first-order chi connectivity index (χ1) is 2.73. The van der Waals surface area contributed by atoms with E-state index in [0.29, 0.717) is 0 Å². The van der Waals surface area contributed by atoms with Gasteiger partial charge in [-0.05, 0) is 0 Å². The molecule has 0 saturated carbocycles. The summed E-state index contributed by atoms with van der Waals surface area (Å²) in [6.07, 6.45) is 0. The summed E-state index contributed by atoms with van der Waals surface area (Å²) in [6.45, 7) is 1.08. The van der Waals surface area contributed by atoms with Gasteiger partial charge >= 0.3 is 21.8 Å². The molecule has 4 heteroatoms. The van der Waals surface area contributed by atoms with Gasteiger partial charge in [0.2, 0.25) is 0 Å². The number of carboxylic acid groups (broad SMARTS) is 1. The predicted octanol–water partition coefficient (Wildman–Crippen LogP) is -0.0304. The first kappa shape index (κ1) is 9.31. The van der Waals surface area contributed by atoms with Crippen LogP contribution in [0.3, 0.4) is 0 Å². The zero-order chi connectivity index (χ0) is 5.58. The van der Waals surface area contributed by atoms with Gasteiger partial charge in [-0.1, -0.05) is 0 Å². The summed E-state index contributed by atoms with van der Waals surface area (Å²) in [5.41, 5.74) is 0. The molecule has 0 saturated heterocycles. The first-order valence-electron chi connectivity index (χ1n) is 1.22. The molecule has 0 aromatic carbocycles. The molecule has 0 unspecified atom stereocenters. The molecule has 0 heterocycles. The van der Waals surface area contributed by atoms with Gasteiger partial charge in [-0.3, -0.25) is 4.79 Å². The van der Waals surface area contributed by atoms with E-state index in [0.717, 1.165) is 6.92 Å². The molecule has 0 rings (SSSR count).